The van der Waals surface area contributed by atoms with Crippen LogP contribution in [0.3, 0.4) is 0 Å². The van der Waals surface area contributed by atoms with Crippen LogP contribution in [0, 0.1) is 19.3 Å². The number of carbonyl (C=O) groups is 2. The summed E-state index contributed by atoms with van der Waals surface area (Å²) in [7, 11) is 0. The number of aromatic hydroxyl groups is 2. The molecule has 0 heterocycles. The van der Waals surface area contributed by atoms with Crippen LogP contribution in [0.2, 0.25) is 0 Å². The van der Waals surface area contributed by atoms with Gasteiger partial charge < -0.3 is 10.2 Å². The van der Waals surface area contributed by atoms with Gasteiger partial charge in [-0.3, -0.25) is 9.59 Å². The van der Waals surface area contributed by atoms with Gasteiger partial charge in [-0.25, -0.2) is 0 Å². The first-order valence-electron chi connectivity index (χ1n) is 9.51. The molecule has 0 atom stereocenters. The van der Waals surface area contributed by atoms with Crippen LogP contribution in [-0.4, -0.2) is 21.8 Å². The molecule has 0 radical (unpaired) electrons. The standard InChI is InChI=1S/C12H18O2.C12H16O2/c2*1-7-8(2)11(14)9(6-10(7)13)12(3,4)5/h6,13-14H,1-5H3;6H,1-5H3. The van der Waals surface area contributed by atoms with E-state index in [1.807, 2.05) is 48.5 Å². The molecule has 4 nitrogen and oxygen atoms in total. The maximum absolute atomic E-state index is 11.8. The number of ketones is 2. The lowest BCUT2D eigenvalue weighted by Crippen LogP contribution is -2.25. The van der Waals surface area contributed by atoms with Crippen molar-refractivity contribution < 1.29 is 19.8 Å². The van der Waals surface area contributed by atoms with Gasteiger partial charge in [-0.2, -0.15) is 0 Å². The molecule has 1 aliphatic rings. The second-order valence-corrected chi connectivity index (χ2v) is 9.54. The Kier molecular flexibility index (Phi) is 6.72. The van der Waals surface area contributed by atoms with Crippen molar-refractivity contribution in [3.05, 3.63) is 45.6 Å². The summed E-state index contributed by atoms with van der Waals surface area (Å²) >= 11 is 0. The molecule has 2 rings (SSSR count). The van der Waals surface area contributed by atoms with Crippen molar-refractivity contribution in [2.24, 2.45) is 5.41 Å². The molecule has 0 fully saturated rings. The van der Waals surface area contributed by atoms with E-state index in [1.165, 1.54) is 6.08 Å². The van der Waals surface area contributed by atoms with E-state index < -0.39 is 0 Å². The van der Waals surface area contributed by atoms with Crippen molar-refractivity contribution in [1.29, 1.82) is 0 Å². The van der Waals surface area contributed by atoms with Crippen molar-refractivity contribution in [3.63, 3.8) is 0 Å². The van der Waals surface area contributed by atoms with Crippen molar-refractivity contribution >= 4 is 11.6 Å². The molecule has 0 saturated carbocycles. The van der Waals surface area contributed by atoms with E-state index in [2.05, 4.69) is 0 Å². The molecule has 0 spiro atoms. The predicted octanol–water partition coefficient (Wildman–Crippen LogP) is 5.46. The molecule has 0 unspecified atom stereocenters. The normalized spacial score (nSPS) is 15.3. The maximum atomic E-state index is 11.8. The lowest BCUT2D eigenvalue weighted by Gasteiger charge is -2.25. The molecule has 0 aromatic heterocycles. The molecule has 0 saturated heterocycles. The molecule has 4 heteroatoms. The minimum absolute atomic E-state index is 0.00889. The third kappa shape index (κ3) is 4.92. The fourth-order valence-electron chi connectivity index (χ4n) is 2.88. The van der Waals surface area contributed by atoms with Gasteiger partial charge in [0.15, 0.2) is 11.6 Å². The molecule has 0 bridgehead atoms. The number of phenols is 2. The van der Waals surface area contributed by atoms with Crippen LogP contribution < -0.4 is 0 Å². The highest BCUT2D eigenvalue weighted by Crippen LogP contribution is 2.38. The number of carbonyl (C=O) groups excluding carboxylic acids is 2. The molecule has 1 aromatic rings. The minimum Gasteiger partial charge on any atom is -0.508 e. The minimum atomic E-state index is -0.255. The van der Waals surface area contributed by atoms with E-state index in [4.69, 9.17) is 0 Å². The number of benzene rings is 1. The largest absolute Gasteiger partial charge is 0.508 e. The number of allylic oxidation sites excluding steroid dienone is 4. The van der Waals surface area contributed by atoms with Crippen LogP contribution in [0.4, 0.5) is 0 Å². The molecular weight excluding hydrogens is 352 g/mol. The number of rotatable bonds is 0. The molecule has 1 aromatic carbocycles. The lowest BCUT2D eigenvalue weighted by atomic mass is 9.77. The third-order valence-corrected chi connectivity index (χ3v) is 5.25. The van der Waals surface area contributed by atoms with E-state index in [1.54, 1.807) is 26.8 Å². The van der Waals surface area contributed by atoms with Crippen molar-refractivity contribution in [1.82, 2.24) is 0 Å². The van der Waals surface area contributed by atoms with Gasteiger partial charge in [-0.15, -0.1) is 0 Å². The SMILES string of the molecule is CC1=C(C)C(=O)C(C(C)(C)C)=CC1=O.Cc1c(O)cc(C(C)(C)C)c(O)c1C. The van der Waals surface area contributed by atoms with Crippen molar-refractivity contribution in [2.45, 2.75) is 74.7 Å². The molecule has 28 heavy (non-hydrogen) atoms. The second-order valence-electron chi connectivity index (χ2n) is 9.54. The summed E-state index contributed by atoms with van der Waals surface area (Å²) in [6, 6.07) is 1.65. The molecular formula is C24H34O4. The highest BCUT2D eigenvalue weighted by atomic mass is 16.3. The van der Waals surface area contributed by atoms with Gasteiger partial charge in [0, 0.05) is 22.3 Å². The summed E-state index contributed by atoms with van der Waals surface area (Å²) in [6.07, 6.45) is 1.48. The monoisotopic (exact) mass is 386 g/mol. The van der Waals surface area contributed by atoms with E-state index in [0.717, 1.165) is 16.7 Å². The summed E-state index contributed by atoms with van der Waals surface area (Å²) in [4.78, 5) is 23.4. The first kappa shape index (κ1) is 23.7. The zero-order chi connectivity index (χ0) is 22.2. The molecule has 1 aliphatic carbocycles. The fourth-order valence-corrected chi connectivity index (χ4v) is 2.88. The Labute approximate surface area is 169 Å². The van der Waals surface area contributed by atoms with Crippen molar-refractivity contribution in [2.75, 3.05) is 0 Å². The van der Waals surface area contributed by atoms with Crippen LogP contribution in [0.15, 0.2) is 28.9 Å². The van der Waals surface area contributed by atoms with E-state index >= 15 is 0 Å². The summed E-state index contributed by atoms with van der Waals surface area (Å²) in [5.74, 6) is 0.527. The number of phenolic OH excluding ortho intramolecular Hbond substituents is 2. The summed E-state index contributed by atoms with van der Waals surface area (Å²) in [6.45, 7) is 18.9. The van der Waals surface area contributed by atoms with Gasteiger partial charge >= 0.3 is 0 Å². The number of hydrogen-bond donors (Lipinski definition) is 2. The van der Waals surface area contributed by atoms with Crippen LogP contribution in [-0.2, 0) is 15.0 Å². The van der Waals surface area contributed by atoms with Gasteiger partial charge in [0.2, 0.25) is 0 Å². The maximum Gasteiger partial charge on any atom is 0.185 e. The van der Waals surface area contributed by atoms with Crippen LogP contribution >= 0.6 is 0 Å². The van der Waals surface area contributed by atoms with Gasteiger partial charge in [0.25, 0.3) is 0 Å². The Balaban J connectivity index is 0.000000280. The van der Waals surface area contributed by atoms with Crippen LogP contribution in [0.5, 0.6) is 11.5 Å². The van der Waals surface area contributed by atoms with Gasteiger partial charge in [-0.05, 0) is 61.8 Å². The predicted molar refractivity (Wildman–Crippen MR) is 114 cm³/mol. The van der Waals surface area contributed by atoms with E-state index in [9.17, 15) is 19.8 Å². The highest BCUT2D eigenvalue weighted by Gasteiger charge is 2.30. The lowest BCUT2D eigenvalue weighted by molar-refractivity contribution is -0.116. The zero-order valence-corrected chi connectivity index (χ0v) is 18.9. The quantitative estimate of drug-likeness (QED) is 0.459. The first-order valence-corrected chi connectivity index (χ1v) is 9.51. The topological polar surface area (TPSA) is 74.6 Å². The Hall–Kier alpha value is -2.36. The average molecular weight is 387 g/mol. The van der Waals surface area contributed by atoms with Crippen LogP contribution in [0.1, 0.15) is 72.1 Å². The van der Waals surface area contributed by atoms with Gasteiger partial charge in [0.05, 0.1) is 0 Å². The molecule has 154 valence electrons. The van der Waals surface area contributed by atoms with Gasteiger partial charge in [-0.1, -0.05) is 41.5 Å². The Morgan fingerprint density at radius 1 is 0.750 bits per heavy atom. The molecule has 0 aliphatic heterocycles. The molecule has 0 amide bonds. The average Bonchev–Trinajstić information content (AvgIpc) is 2.56. The van der Waals surface area contributed by atoms with Crippen LogP contribution in [0.25, 0.3) is 0 Å². The fraction of sp³-hybridized carbons (Fsp3) is 0.500. The van der Waals surface area contributed by atoms with E-state index in [-0.39, 0.29) is 28.1 Å². The summed E-state index contributed by atoms with van der Waals surface area (Å²) in [5.41, 5.74) is 3.66. The Morgan fingerprint density at radius 2 is 1.25 bits per heavy atom. The zero-order valence-electron chi connectivity index (χ0n) is 18.9. The second kappa shape index (κ2) is 7.94. The Bertz CT molecular complexity index is 869. The first-order chi connectivity index (χ1) is 12.5. The highest BCUT2D eigenvalue weighted by molar-refractivity contribution is 6.22. The van der Waals surface area contributed by atoms with Gasteiger partial charge in [0.1, 0.15) is 11.5 Å². The summed E-state index contributed by atoms with van der Waals surface area (Å²) < 4.78 is 0. The number of hydrogen-bond acceptors (Lipinski definition) is 4. The third-order valence-electron chi connectivity index (χ3n) is 5.25. The smallest absolute Gasteiger partial charge is 0.185 e. The Morgan fingerprint density at radius 3 is 1.68 bits per heavy atom. The molecule has 2 N–H and O–H groups in total. The van der Waals surface area contributed by atoms with Crippen molar-refractivity contribution in [3.8, 4) is 11.5 Å². The van der Waals surface area contributed by atoms with E-state index in [0.29, 0.717) is 22.5 Å². The number of Topliss-reactive ketones (excluding diaryl/α,β-unsaturated/α-hetero) is 1. The summed E-state index contributed by atoms with van der Waals surface area (Å²) in [5, 5.41) is 19.6.